The summed E-state index contributed by atoms with van der Waals surface area (Å²) >= 11 is 0. The van der Waals surface area contributed by atoms with Gasteiger partial charge in [-0.25, -0.2) is 9.38 Å². The van der Waals surface area contributed by atoms with Crippen LogP contribution in [0.2, 0.25) is 0 Å². The number of nitrogens with zero attached hydrogens (tertiary/aromatic N) is 2. The highest BCUT2D eigenvalue weighted by molar-refractivity contribution is 6.22. The fraction of sp³-hybridized carbons (Fsp3) is 0.475. The molecule has 2 atom stereocenters. The fourth-order valence-electron chi connectivity index (χ4n) is 7.04. The van der Waals surface area contributed by atoms with Crippen LogP contribution in [-0.2, 0) is 9.47 Å². The SMILES string of the molecule is CCOCCCN(CCCOCC)C(=O)c1ccc(OC2=c3c(C4=CC=C(C(F)(F)F)CC4)c4c(cc3=CC(F)C2C(C)(C)C)C(=N)N=C4N)cc1. The van der Waals surface area contributed by atoms with Gasteiger partial charge in [-0.3, -0.25) is 10.2 Å². The topological polar surface area (TPSA) is 110 Å². The van der Waals surface area contributed by atoms with Crippen molar-refractivity contribution in [2.24, 2.45) is 22.1 Å². The second kappa shape index (κ2) is 16.2. The number of rotatable bonds is 14. The Morgan fingerprint density at radius 2 is 1.62 bits per heavy atom. The second-order valence-corrected chi connectivity index (χ2v) is 14.2. The van der Waals surface area contributed by atoms with Crippen LogP contribution in [0.3, 0.4) is 0 Å². The van der Waals surface area contributed by atoms with Crippen molar-refractivity contribution in [2.45, 2.75) is 72.6 Å². The van der Waals surface area contributed by atoms with Crippen LogP contribution in [0.15, 0.2) is 53.0 Å². The third kappa shape index (κ3) is 8.50. The first-order valence-corrected chi connectivity index (χ1v) is 17.9. The summed E-state index contributed by atoms with van der Waals surface area (Å²) in [6.07, 6.45) is -0.800. The van der Waals surface area contributed by atoms with Crippen molar-refractivity contribution >= 4 is 35.0 Å². The number of amidine groups is 2. The summed E-state index contributed by atoms with van der Waals surface area (Å²) in [6.45, 7) is 12.9. The number of halogens is 4. The number of nitrogens with two attached hydrogens (primary N) is 1. The Bertz CT molecular complexity index is 1880. The molecule has 5 rings (SSSR count). The number of nitrogens with one attached hydrogen (secondary N) is 1. The number of fused-ring (bicyclic) bond motifs is 2. The van der Waals surface area contributed by atoms with E-state index in [1.165, 1.54) is 12.2 Å². The Morgan fingerprint density at radius 3 is 2.15 bits per heavy atom. The molecule has 0 fully saturated rings. The number of aliphatic imine (C=N–C) groups is 1. The smallest absolute Gasteiger partial charge is 0.412 e. The van der Waals surface area contributed by atoms with Crippen molar-refractivity contribution in [3.8, 4) is 5.75 Å². The van der Waals surface area contributed by atoms with Gasteiger partial charge in [-0.1, -0.05) is 32.9 Å². The number of ether oxygens (including phenoxy) is 3. The zero-order valence-corrected chi connectivity index (χ0v) is 30.5. The molecule has 0 saturated heterocycles. The van der Waals surface area contributed by atoms with Gasteiger partial charge < -0.3 is 24.8 Å². The molecule has 52 heavy (non-hydrogen) atoms. The zero-order chi connectivity index (χ0) is 37.8. The van der Waals surface area contributed by atoms with E-state index in [0.29, 0.717) is 102 Å². The fourth-order valence-corrected chi connectivity index (χ4v) is 7.04. The summed E-state index contributed by atoms with van der Waals surface area (Å²) in [6, 6.07) is 8.34. The van der Waals surface area contributed by atoms with E-state index in [4.69, 9.17) is 25.4 Å². The van der Waals surface area contributed by atoms with E-state index < -0.39 is 29.3 Å². The molecule has 280 valence electrons. The van der Waals surface area contributed by atoms with Crippen LogP contribution in [0, 0.1) is 16.7 Å². The van der Waals surface area contributed by atoms with Gasteiger partial charge in [0.25, 0.3) is 5.91 Å². The van der Waals surface area contributed by atoms with Gasteiger partial charge in [0.15, 0.2) is 5.84 Å². The average molecular weight is 725 g/mol. The summed E-state index contributed by atoms with van der Waals surface area (Å²) in [4.78, 5) is 19.6. The van der Waals surface area contributed by atoms with Crippen molar-refractivity contribution in [3.05, 3.63) is 80.7 Å². The molecule has 0 spiro atoms. The maximum atomic E-state index is 16.3. The van der Waals surface area contributed by atoms with Gasteiger partial charge >= 0.3 is 6.18 Å². The Kier molecular flexibility index (Phi) is 12.1. The summed E-state index contributed by atoms with van der Waals surface area (Å²) < 4.78 is 74.8. The Labute approximate surface area is 302 Å². The van der Waals surface area contributed by atoms with Crippen LogP contribution in [0.5, 0.6) is 5.75 Å². The van der Waals surface area contributed by atoms with E-state index in [1.54, 1.807) is 35.2 Å². The normalized spacial score (nSPS) is 18.6. The molecule has 12 heteroatoms. The third-order valence-electron chi connectivity index (χ3n) is 9.51. The summed E-state index contributed by atoms with van der Waals surface area (Å²) in [5.41, 5.74) is 7.39. The lowest BCUT2D eigenvalue weighted by Crippen LogP contribution is -2.46. The van der Waals surface area contributed by atoms with Gasteiger partial charge in [-0.15, -0.1) is 0 Å². The quantitative estimate of drug-likeness (QED) is 0.167. The van der Waals surface area contributed by atoms with Crippen LogP contribution >= 0.6 is 0 Å². The third-order valence-corrected chi connectivity index (χ3v) is 9.51. The summed E-state index contributed by atoms with van der Waals surface area (Å²) in [5, 5.41) is 9.43. The molecule has 0 aromatic heterocycles. The number of alkyl halides is 4. The number of carbonyl (C=O) groups excluding carboxylic acids is 1. The molecule has 1 aliphatic heterocycles. The molecular formula is C40H48F4N4O4. The highest BCUT2D eigenvalue weighted by atomic mass is 19.4. The minimum Gasteiger partial charge on any atom is -0.461 e. The molecule has 3 N–H and O–H groups in total. The van der Waals surface area contributed by atoms with E-state index in [-0.39, 0.29) is 30.4 Å². The molecule has 1 heterocycles. The average Bonchev–Trinajstić information content (AvgIpc) is 3.37. The van der Waals surface area contributed by atoms with Gasteiger partial charge in [0, 0.05) is 72.6 Å². The molecule has 2 aliphatic carbocycles. The predicted octanol–water partition coefficient (Wildman–Crippen LogP) is 6.67. The van der Waals surface area contributed by atoms with E-state index in [0.717, 1.165) is 6.08 Å². The van der Waals surface area contributed by atoms with Gasteiger partial charge in [-0.05, 0) is 92.1 Å². The molecule has 0 radical (unpaired) electrons. The molecular weight excluding hydrogens is 676 g/mol. The second-order valence-electron chi connectivity index (χ2n) is 14.2. The summed E-state index contributed by atoms with van der Waals surface area (Å²) in [5.74, 6) is -0.332. The van der Waals surface area contributed by atoms with Gasteiger partial charge in [0.2, 0.25) is 0 Å². The molecule has 0 saturated carbocycles. The van der Waals surface area contributed by atoms with E-state index in [2.05, 4.69) is 4.99 Å². The zero-order valence-electron chi connectivity index (χ0n) is 30.5. The molecule has 1 amide bonds. The van der Waals surface area contributed by atoms with Crippen molar-refractivity contribution in [3.63, 3.8) is 0 Å². The first-order valence-electron chi connectivity index (χ1n) is 17.9. The minimum absolute atomic E-state index is 0.0455. The van der Waals surface area contributed by atoms with Crippen LogP contribution in [0.25, 0.3) is 17.4 Å². The van der Waals surface area contributed by atoms with Gasteiger partial charge in [-0.2, -0.15) is 13.2 Å². The lowest BCUT2D eigenvalue weighted by Gasteiger charge is -2.36. The molecule has 0 bridgehead atoms. The largest absolute Gasteiger partial charge is 0.461 e. The predicted molar refractivity (Wildman–Crippen MR) is 196 cm³/mol. The molecule has 2 aromatic carbocycles. The number of hydrogen-bond acceptors (Lipinski definition) is 6. The molecule has 2 unspecified atom stereocenters. The molecule has 8 nitrogen and oxygen atoms in total. The van der Waals surface area contributed by atoms with Crippen LogP contribution in [0.1, 0.15) is 87.4 Å². The number of amides is 1. The van der Waals surface area contributed by atoms with Crippen molar-refractivity contribution in [2.75, 3.05) is 39.5 Å². The van der Waals surface area contributed by atoms with Gasteiger partial charge in [0.1, 0.15) is 23.5 Å². The maximum absolute atomic E-state index is 16.3. The van der Waals surface area contributed by atoms with E-state index >= 15 is 4.39 Å². The lowest BCUT2D eigenvalue weighted by molar-refractivity contribution is -0.0939. The van der Waals surface area contributed by atoms with E-state index in [1.807, 2.05) is 34.6 Å². The van der Waals surface area contributed by atoms with Crippen molar-refractivity contribution in [1.82, 2.24) is 4.90 Å². The Hall–Kier alpha value is -4.29. The van der Waals surface area contributed by atoms with Crippen LogP contribution in [0.4, 0.5) is 17.6 Å². The van der Waals surface area contributed by atoms with Crippen molar-refractivity contribution < 1.29 is 36.6 Å². The minimum atomic E-state index is -4.47. The summed E-state index contributed by atoms with van der Waals surface area (Å²) in [7, 11) is 0. The lowest BCUT2D eigenvalue weighted by atomic mass is 9.72. The monoisotopic (exact) mass is 724 g/mol. The molecule has 2 aromatic rings. The number of allylic oxidation sites excluding steroid dienone is 4. The Morgan fingerprint density at radius 1 is 0.981 bits per heavy atom. The highest BCUT2D eigenvalue weighted by Gasteiger charge is 2.41. The first kappa shape index (κ1) is 38.9. The number of carbonyl (C=O) groups is 1. The Balaban J connectivity index is 1.60. The molecule has 3 aliphatic rings. The standard InChI is InChI=1S/C40H48F4N4O4/c1-6-50-20-8-18-48(19-9-21-51-7-2)38(49)25-12-16-28(17-13-25)52-35-32-26(23-30(41)34(35)39(3,4)5)22-29-33(37(46)47-36(29)45)31(32)24-10-14-27(15-11-24)40(42,43)44/h10,12-14,16-17,22-23,30,34H,6-9,11,15,18-21H2,1-5H3,(H3,45,46,47). The van der Waals surface area contributed by atoms with E-state index in [9.17, 15) is 18.0 Å². The van der Waals surface area contributed by atoms with Crippen LogP contribution in [-0.4, -0.2) is 74.3 Å². The van der Waals surface area contributed by atoms with Crippen molar-refractivity contribution in [1.29, 1.82) is 5.41 Å². The van der Waals surface area contributed by atoms with Gasteiger partial charge in [0.05, 0.1) is 5.92 Å². The number of hydrogen-bond donors (Lipinski definition) is 2. The van der Waals surface area contributed by atoms with Crippen LogP contribution < -0.4 is 20.9 Å². The highest BCUT2D eigenvalue weighted by Crippen LogP contribution is 2.41. The number of benzene rings is 2. The first-order chi connectivity index (χ1) is 24.6. The maximum Gasteiger partial charge on any atom is 0.412 e.